The molecule has 2 rings (SSSR count). The first kappa shape index (κ1) is 11.6. The molecule has 0 aliphatic rings. The van der Waals surface area contributed by atoms with Crippen LogP contribution in [0.4, 0.5) is 5.82 Å². The molecule has 2 aromatic rings. The largest absolute Gasteiger partial charge is 0.368 e. The fraction of sp³-hybridized carbons (Fsp3) is 0.286. The summed E-state index contributed by atoms with van der Waals surface area (Å²) in [7, 11) is 0. The highest BCUT2D eigenvalue weighted by Crippen LogP contribution is 2.23. The molecule has 0 bridgehead atoms. The second-order valence-electron chi connectivity index (χ2n) is 4.05. The molecule has 1 aromatic carbocycles. The number of hydrogen-bond acceptors (Lipinski definition) is 3. The van der Waals surface area contributed by atoms with E-state index in [-0.39, 0.29) is 0 Å². The average Bonchev–Trinajstić information content (AvgIpc) is 2.37. The standard InChI is InChI=1S/C14H17N3/c1-3-7-16-14-13(15-8-9-17-14)12-6-4-5-11(2)10-12/h4-6,8-10H,3,7H2,1-2H3,(H,16,17). The van der Waals surface area contributed by atoms with E-state index >= 15 is 0 Å². The van der Waals surface area contributed by atoms with Gasteiger partial charge < -0.3 is 5.32 Å². The number of benzene rings is 1. The van der Waals surface area contributed by atoms with Crippen LogP contribution in [0.15, 0.2) is 36.7 Å². The Hall–Kier alpha value is -1.90. The van der Waals surface area contributed by atoms with E-state index in [1.165, 1.54) is 5.56 Å². The highest BCUT2D eigenvalue weighted by Gasteiger charge is 2.06. The molecule has 0 aliphatic carbocycles. The first-order valence-corrected chi connectivity index (χ1v) is 5.93. The van der Waals surface area contributed by atoms with Gasteiger partial charge in [0.2, 0.25) is 0 Å². The van der Waals surface area contributed by atoms with Gasteiger partial charge in [0.05, 0.1) is 0 Å². The van der Waals surface area contributed by atoms with Gasteiger partial charge in [-0.15, -0.1) is 0 Å². The Kier molecular flexibility index (Phi) is 3.70. The normalized spacial score (nSPS) is 10.2. The second kappa shape index (κ2) is 5.43. The summed E-state index contributed by atoms with van der Waals surface area (Å²) in [6.07, 6.45) is 4.52. The third kappa shape index (κ3) is 2.81. The predicted molar refractivity (Wildman–Crippen MR) is 71.0 cm³/mol. The fourth-order valence-electron chi connectivity index (χ4n) is 1.71. The van der Waals surface area contributed by atoms with Gasteiger partial charge in [-0.3, -0.25) is 4.98 Å². The predicted octanol–water partition coefficient (Wildman–Crippen LogP) is 3.27. The van der Waals surface area contributed by atoms with Gasteiger partial charge in [0, 0.05) is 24.5 Å². The summed E-state index contributed by atoms with van der Waals surface area (Å²) in [5.41, 5.74) is 3.26. The van der Waals surface area contributed by atoms with Crippen molar-refractivity contribution < 1.29 is 0 Å². The monoisotopic (exact) mass is 227 g/mol. The van der Waals surface area contributed by atoms with Gasteiger partial charge in [0.1, 0.15) is 5.69 Å². The minimum Gasteiger partial charge on any atom is -0.368 e. The molecule has 0 spiro atoms. The third-order valence-electron chi connectivity index (χ3n) is 2.53. The van der Waals surface area contributed by atoms with Crippen LogP contribution in [-0.4, -0.2) is 16.5 Å². The maximum absolute atomic E-state index is 4.42. The fourth-order valence-corrected chi connectivity index (χ4v) is 1.71. The highest BCUT2D eigenvalue weighted by atomic mass is 15.0. The SMILES string of the molecule is CCCNc1nccnc1-c1cccc(C)c1. The van der Waals surface area contributed by atoms with E-state index in [1.54, 1.807) is 12.4 Å². The Morgan fingerprint density at radius 2 is 2.00 bits per heavy atom. The first-order valence-electron chi connectivity index (χ1n) is 5.93. The molecule has 0 fully saturated rings. The van der Waals surface area contributed by atoms with Crippen LogP contribution in [0, 0.1) is 6.92 Å². The Balaban J connectivity index is 2.37. The number of aryl methyl sites for hydroxylation is 1. The van der Waals surface area contributed by atoms with E-state index in [0.29, 0.717) is 0 Å². The number of anilines is 1. The van der Waals surface area contributed by atoms with Crippen LogP contribution >= 0.6 is 0 Å². The maximum Gasteiger partial charge on any atom is 0.152 e. The summed E-state index contributed by atoms with van der Waals surface area (Å²) < 4.78 is 0. The minimum atomic E-state index is 0.861. The van der Waals surface area contributed by atoms with E-state index in [0.717, 1.165) is 30.0 Å². The second-order valence-corrected chi connectivity index (χ2v) is 4.05. The van der Waals surface area contributed by atoms with Crippen LogP contribution in [-0.2, 0) is 0 Å². The molecule has 3 nitrogen and oxygen atoms in total. The Morgan fingerprint density at radius 3 is 2.76 bits per heavy atom. The lowest BCUT2D eigenvalue weighted by Crippen LogP contribution is -2.04. The van der Waals surface area contributed by atoms with Crippen molar-refractivity contribution in [3.05, 3.63) is 42.2 Å². The van der Waals surface area contributed by atoms with Crippen molar-refractivity contribution in [1.29, 1.82) is 0 Å². The van der Waals surface area contributed by atoms with Crippen LogP contribution in [0.3, 0.4) is 0 Å². The number of nitrogens with one attached hydrogen (secondary N) is 1. The van der Waals surface area contributed by atoms with Crippen molar-refractivity contribution in [2.45, 2.75) is 20.3 Å². The van der Waals surface area contributed by atoms with Crippen LogP contribution < -0.4 is 5.32 Å². The van der Waals surface area contributed by atoms with Gasteiger partial charge in [0.15, 0.2) is 5.82 Å². The van der Waals surface area contributed by atoms with Gasteiger partial charge >= 0.3 is 0 Å². The summed E-state index contributed by atoms with van der Waals surface area (Å²) in [6.45, 7) is 5.13. The summed E-state index contributed by atoms with van der Waals surface area (Å²) >= 11 is 0. The van der Waals surface area contributed by atoms with E-state index in [4.69, 9.17) is 0 Å². The zero-order valence-corrected chi connectivity index (χ0v) is 10.3. The van der Waals surface area contributed by atoms with E-state index in [9.17, 15) is 0 Å². The molecule has 1 aromatic heterocycles. The van der Waals surface area contributed by atoms with Gasteiger partial charge in [0.25, 0.3) is 0 Å². The lowest BCUT2D eigenvalue weighted by molar-refractivity contribution is 0.966. The van der Waals surface area contributed by atoms with Crippen LogP contribution in [0.1, 0.15) is 18.9 Å². The van der Waals surface area contributed by atoms with Crippen molar-refractivity contribution in [3.8, 4) is 11.3 Å². The Labute approximate surface area is 102 Å². The van der Waals surface area contributed by atoms with Crippen LogP contribution in [0.25, 0.3) is 11.3 Å². The summed E-state index contributed by atoms with van der Waals surface area (Å²) in [4.78, 5) is 8.77. The van der Waals surface area contributed by atoms with E-state index in [1.807, 2.05) is 6.07 Å². The molecule has 1 heterocycles. The molecule has 3 heteroatoms. The zero-order chi connectivity index (χ0) is 12.1. The van der Waals surface area contributed by atoms with Crippen molar-refractivity contribution >= 4 is 5.82 Å². The summed E-state index contributed by atoms with van der Waals surface area (Å²) in [5, 5.41) is 3.31. The molecule has 88 valence electrons. The molecule has 0 aliphatic heterocycles. The lowest BCUT2D eigenvalue weighted by Gasteiger charge is -2.09. The quantitative estimate of drug-likeness (QED) is 0.871. The molecule has 0 saturated heterocycles. The first-order chi connectivity index (χ1) is 8.31. The van der Waals surface area contributed by atoms with Gasteiger partial charge in [-0.2, -0.15) is 0 Å². The van der Waals surface area contributed by atoms with Crippen molar-refractivity contribution in [2.24, 2.45) is 0 Å². The van der Waals surface area contributed by atoms with Gasteiger partial charge in [-0.05, 0) is 19.4 Å². The van der Waals surface area contributed by atoms with Gasteiger partial charge in [-0.25, -0.2) is 4.98 Å². The van der Waals surface area contributed by atoms with Crippen molar-refractivity contribution in [1.82, 2.24) is 9.97 Å². The Morgan fingerprint density at radius 1 is 1.18 bits per heavy atom. The molecule has 0 radical (unpaired) electrons. The molecular formula is C14H17N3. The van der Waals surface area contributed by atoms with E-state index < -0.39 is 0 Å². The molecule has 17 heavy (non-hydrogen) atoms. The summed E-state index contributed by atoms with van der Waals surface area (Å²) in [6, 6.07) is 8.32. The van der Waals surface area contributed by atoms with Gasteiger partial charge in [-0.1, -0.05) is 30.7 Å². The van der Waals surface area contributed by atoms with Crippen LogP contribution in [0.2, 0.25) is 0 Å². The van der Waals surface area contributed by atoms with E-state index in [2.05, 4.69) is 47.3 Å². The Bertz CT molecular complexity index is 494. The highest BCUT2D eigenvalue weighted by molar-refractivity contribution is 5.71. The number of rotatable bonds is 4. The molecule has 0 amide bonds. The zero-order valence-electron chi connectivity index (χ0n) is 10.3. The van der Waals surface area contributed by atoms with Crippen molar-refractivity contribution in [3.63, 3.8) is 0 Å². The van der Waals surface area contributed by atoms with Crippen LogP contribution in [0.5, 0.6) is 0 Å². The number of aromatic nitrogens is 2. The third-order valence-corrected chi connectivity index (χ3v) is 2.53. The topological polar surface area (TPSA) is 37.8 Å². The lowest BCUT2D eigenvalue weighted by atomic mass is 10.1. The average molecular weight is 227 g/mol. The summed E-state index contributed by atoms with van der Waals surface area (Å²) in [5.74, 6) is 0.861. The molecule has 1 N–H and O–H groups in total. The maximum atomic E-state index is 4.42. The number of hydrogen-bond donors (Lipinski definition) is 1. The molecule has 0 atom stereocenters. The van der Waals surface area contributed by atoms with Crippen molar-refractivity contribution in [2.75, 3.05) is 11.9 Å². The number of nitrogens with zero attached hydrogens (tertiary/aromatic N) is 2. The smallest absolute Gasteiger partial charge is 0.152 e. The minimum absolute atomic E-state index is 0.861. The molecular weight excluding hydrogens is 210 g/mol. The molecule has 0 saturated carbocycles. The molecule has 0 unspecified atom stereocenters.